The highest BCUT2D eigenvalue weighted by Crippen LogP contribution is 2.45. The van der Waals surface area contributed by atoms with Gasteiger partial charge in [0.15, 0.2) is 11.6 Å². The number of nitrogens with zero attached hydrogens (tertiary/aromatic N) is 1. The first-order valence-electron chi connectivity index (χ1n) is 10.3. The van der Waals surface area contributed by atoms with Crippen molar-refractivity contribution >= 4 is 17.6 Å². The molecule has 0 aromatic heterocycles. The fraction of sp³-hybridized carbons (Fsp3) is 0.375. The van der Waals surface area contributed by atoms with E-state index < -0.39 is 17.5 Å². The number of amides is 1. The van der Waals surface area contributed by atoms with Crippen molar-refractivity contribution in [3.63, 3.8) is 0 Å². The number of ketones is 1. The van der Waals surface area contributed by atoms with Gasteiger partial charge in [0.05, 0.1) is 18.8 Å². The van der Waals surface area contributed by atoms with Crippen LogP contribution in [-0.4, -0.2) is 53.8 Å². The molecule has 0 saturated carbocycles. The van der Waals surface area contributed by atoms with Gasteiger partial charge in [-0.05, 0) is 43.0 Å². The van der Waals surface area contributed by atoms with Crippen LogP contribution in [-0.2, 0) is 14.3 Å². The van der Waals surface area contributed by atoms with Crippen LogP contribution in [0.2, 0.25) is 0 Å². The fourth-order valence-electron chi connectivity index (χ4n) is 3.88. The van der Waals surface area contributed by atoms with Crippen LogP contribution < -0.4 is 5.32 Å². The van der Waals surface area contributed by atoms with Crippen molar-refractivity contribution in [2.45, 2.75) is 38.1 Å². The molecular weight excluding hydrogens is 396 g/mol. The van der Waals surface area contributed by atoms with Gasteiger partial charge in [0.25, 0.3) is 0 Å². The van der Waals surface area contributed by atoms with Crippen molar-refractivity contribution in [3.05, 3.63) is 59.7 Å². The molecule has 2 atom stereocenters. The van der Waals surface area contributed by atoms with Gasteiger partial charge < -0.3 is 19.9 Å². The summed E-state index contributed by atoms with van der Waals surface area (Å²) in [5, 5.41) is 12.3. The highest BCUT2D eigenvalue weighted by molar-refractivity contribution is 6.39. The molecule has 1 aliphatic carbocycles. The summed E-state index contributed by atoms with van der Waals surface area (Å²) in [6.07, 6.45) is -0.650. The number of fused-ring (bicyclic) bond motifs is 3. The van der Waals surface area contributed by atoms with Gasteiger partial charge in [-0.3, -0.25) is 9.79 Å². The number of nitrogens with one attached hydrogen (secondary N) is 1. The predicted octanol–water partition coefficient (Wildman–Crippen LogP) is 3.05. The maximum Gasteiger partial charge on any atom is 0.407 e. The Balaban J connectivity index is 1.30. The molecule has 0 bridgehead atoms. The van der Waals surface area contributed by atoms with E-state index in [1.165, 1.54) is 0 Å². The van der Waals surface area contributed by atoms with E-state index in [2.05, 4.69) is 22.4 Å². The number of carbonyl (C=O) groups excluding carboxylic acids is 2. The quantitative estimate of drug-likeness (QED) is 0.528. The smallest absolute Gasteiger partial charge is 0.407 e. The van der Waals surface area contributed by atoms with Crippen LogP contribution in [0.3, 0.4) is 0 Å². The number of benzene rings is 2. The second kappa shape index (κ2) is 7.90. The molecule has 7 nitrogen and oxygen atoms in total. The Bertz CT molecular complexity index is 1020. The van der Waals surface area contributed by atoms with Crippen molar-refractivity contribution in [3.8, 4) is 11.1 Å². The second-order valence-corrected chi connectivity index (χ2v) is 8.32. The number of hydrogen-bond donors (Lipinski definition) is 2. The molecule has 0 spiro atoms. The zero-order valence-corrected chi connectivity index (χ0v) is 17.8. The van der Waals surface area contributed by atoms with Gasteiger partial charge in [-0.1, -0.05) is 48.5 Å². The van der Waals surface area contributed by atoms with Crippen LogP contribution in [0.1, 0.15) is 37.8 Å². The molecule has 1 amide bonds. The molecule has 1 fully saturated rings. The number of aliphatic imine (C=N–C) groups is 1. The molecule has 1 aliphatic heterocycles. The summed E-state index contributed by atoms with van der Waals surface area (Å²) >= 11 is 0. The van der Waals surface area contributed by atoms with Gasteiger partial charge in [-0.25, -0.2) is 4.79 Å². The summed E-state index contributed by atoms with van der Waals surface area (Å²) in [5.74, 6) is -1.58. The van der Waals surface area contributed by atoms with Gasteiger partial charge in [0.1, 0.15) is 12.2 Å². The number of alkyl carbamates (subject to hydrolysis) is 1. The van der Waals surface area contributed by atoms with Crippen LogP contribution in [0.25, 0.3) is 11.1 Å². The minimum absolute atomic E-state index is 0.0378. The molecule has 1 unspecified atom stereocenters. The fourth-order valence-corrected chi connectivity index (χ4v) is 3.88. The topological polar surface area (TPSA) is 101 Å². The normalized spacial score (nSPS) is 24.3. The SMILES string of the molecule is CC(=NCC1(C)O[C@@]1(C)O)C(=O)CNC(=O)OCC1c2ccccc2-c2ccccc21. The van der Waals surface area contributed by atoms with Crippen LogP contribution in [0.5, 0.6) is 0 Å². The monoisotopic (exact) mass is 422 g/mol. The lowest BCUT2D eigenvalue weighted by Gasteiger charge is -2.14. The van der Waals surface area contributed by atoms with E-state index in [1.54, 1.807) is 20.8 Å². The van der Waals surface area contributed by atoms with Crippen molar-refractivity contribution in [2.75, 3.05) is 19.7 Å². The van der Waals surface area contributed by atoms with Crippen molar-refractivity contribution in [2.24, 2.45) is 4.99 Å². The Kier molecular flexibility index (Phi) is 5.41. The molecule has 2 N–H and O–H groups in total. The number of hydrogen-bond acceptors (Lipinski definition) is 6. The van der Waals surface area contributed by atoms with Crippen LogP contribution in [0.15, 0.2) is 53.5 Å². The molecule has 162 valence electrons. The zero-order chi connectivity index (χ0) is 22.2. The van der Waals surface area contributed by atoms with Gasteiger partial charge in [0.2, 0.25) is 0 Å². The highest BCUT2D eigenvalue weighted by atomic mass is 16.7. The average Bonchev–Trinajstić information content (AvgIpc) is 3.11. The number of Topliss-reactive ketones (excluding diaryl/α,β-unsaturated/α-hetero) is 1. The molecule has 2 aromatic carbocycles. The van der Waals surface area contributed by atoms with Gasteiger partial charge in [-0.2, -0.15) is 0 Å². The number of rotatable bonds is 7. The Labute approximate surface area is 181 Å². The van der Waals surface area contributed by atoms with Gasteiger partial charge in [-0.15, -0.1) is 0 Å². The molecule has 2 aliphatic rings. The van der Waals surface area contributed by atoms with E-state index in [1.807, 2.05) is 36.4 Å². The molecule has 7 heteroatoms. The summed E-state index contributed by atoms with van der Waals surface area (Å²) in [5.41, 5.74) is 4.04. The summed E-state index contributed by atoms with van der Waals surface area (Å²) in [6.45, 7) is 5.00. The predicted molar refractivity (Wildman–Crippen MR) is 116 cm³/mol. The average molecular weight is 422 g/mol. The molecule has 31 heavy (non-hydrogen) atoms. The van der Waals surface area contributed by atoms with Gasteiger partial charge >= 0.3 is 6.09 Å². The van der Waals surface area contributed by atoms with Crippen molar-refractivity contribution in [1.29, 1.82) is 0 Å². The third kappa shape index (κ3) is 4.11. The number of aliphatic hydroxyl groups is 1. The molecule has 1 heterocycles. The van der Waals surface area contributed by atoms with Crippen LogP contribution in [0.4, 0.5) is 4.79 Å². The van der Waals surface area contributed by atoms with Crippen molar-refractivity contribution < 1.29 is 24.2 Å². The van der Waals surface area contributed by atoms with E-state index in [0.717, 1.165) is 22.3 Å². The van der Waals surface area contributed by atoms with Crippen LogP contribution >= 0.6 is 0 Å². The Hall–Kier alpha value is -3.03. The first kappa shape index (κ1) is 21.2. The second-order valence-electron chi connectivity index (χ2n) is 8.32. The lowest BCUT2D eigenvalue weighted by molar-refractivity contribution is -0.112. The standard InChI is InChI=1S/C24H26N2O5/c1-15(26-14-23(2)24(3,29)31-23)21(27)12-25-22(28)30-13-20-18-10-6-4-8-16(18)17-9-5-7-11-19(17)20/h4-11,20,29H,12-14H2,1-3H3,(H,25,28)/t23?,24-/m1/s1. The number of epoxide rings is 1. The molecule has 0 radical (unpaired) electrons. The summed E-state index contributed by atoms with van der Waals surface area (Å²) < 4.78 is 10.6. The maximum absolute atomic E-state index is 12.2. The van der Waals surface area contributed by atoms with E-state index in [0.29, 0.717) is 0 Å². The number of ether oxygens (including phenoxy) is 2. The Morgan fingerprint density at radius 3 is 2.19 bits per heavy atom. The third-order valence-corrected chi connectivity index (χ3v) is 6.12. The van der Waals surface area contributed by atoms with Crippen LogP contribution in [0, 0.1) is 0 Å². The third-order valence-electron chi connectivity index (χ3n) is 6.12. The largest absolute Gasteiger partial charge is 0.449 e. The van der Waals surface area contributed by atoms with E-state index in [9.17, 15) is 14.7 Å². The minimum Gasteiger partial charge on any atom is -0.449 e. The molecular formula is C24H26N2O5. The summed E-state index contributed by atoms with van der Waals surface area (Å²) in [6, 6.07) is 16.2. The zero-order valence-electron chi connectivity index (χ0n) is 17.8. The minimum atomic E-state index is -1.22. The first-order chi connectivity index (χ1) is 14.7. The lowest BCUT2D eigenvalue weighted by Crippen LogP contribution is -2.34. The lowest BCUT2D eigenvalue weighted by atomic mass is 9.98. The number of carbonyl (C=O) groups is 2. The Morgan fingerprint density at radius 2 is 1.65 bits per heavy atom. The molecule has 4 rings (SSSR count). The van der Waals surface area contributed by atoms with Gasteiger partial charge in [0, 0.05) is 5.92 Å². The Morgan fingerprint density at radius 1 is 1.10 bits per heavy atom. The highest BCUT2D eigenvalue weighted by Gasteiger charge is 2.63. The van der Waals surface area contributed by atoms with E-state index in [4.69, 9.17) is 9.47 Å². The summed E-state index contributed by atoms with van der Waals surface area (Å²) in [7, 11) is 0. The van der Waals surface area contributed by atoms with Crippen molar-refractivity contribution in [1.82, 2.24) is 5.32 Å². The molecule has 1 saturated heterocycles. The van der Waals surface area contributed by atoms with E-state index >= 15 is 0 Å². The summed E-state index contributed by atoms with van der Waals surface area (Å²) in [4.78, 5) is 28.6. The first-order valence-corrected chi connectivity index (χ1v) is 10.3. The molecule has 2 aromatic rings. The van der Waals surface area contributed by atoms with E-state index in [-0.39, 0.29) is 37.1 Å². The maximum atomic E-state index is 12.2.